The number of nitrogens with zero attached hydrogens (tertiary/aromatic N) is 1. The van der Waals surface area contributed by atoms with Crippen LogP contribution in [0.4, 0.5) is 11.4 Å². The molecule has 0 bridgehead atoms. The molecule has 1 aliphatic heterocycles. The number of anilines is 2. The fraction of sp³-hybridized carbons (Fsp3) is 0.333. The molecule has 1 aromatic carbocycles. The maximum Gasteiger partial charge on any atom is 0.305 e. The van der Waals surface area contributed by atoms with Crippen molar-refractivity contribution in [2.75, 3.05) is 23.3 Å². The Balaban J connectivity index is 2.27. The van der Waals surface area contributed by atoms with E-state index in [4.69, 9.17) is 5.11 Å². The molecule has 6 heteroatoms. The first kappa shape index (κ1) is 12.9. The fourth-order valence-electron chi connectivity index (χ4n) is 1.92. The predicted molar refractivity (Wildman–Crippen MR) is 71.9 cm³/mol. The van der Waals surface area contributed by atoms with Crippen molar-refractivity contribution < 1.29 is 14.7 Å². The molecule has 1 aromatic rings. The summed E-state index contributed by atoms with van der Waals surface area (Å²) in [5.41, 5.74) is 1.59. The van der Waals surface area contributed by atoms with Crippen LogP contribution in [0.15, 0.2) is 22.7 Å². The molecule has 18 heavy (non-hydrogen) atoms. The molecule has 0 fully saturated rings. The van der Waals surface area contributed by atoms with Crippen LogP contribution < -0.4 is 10.2 Å². The van der Waals surface area contributed by atoms with Gasteiger partial charge in [0.15, 0.2) is 0 Å². The van der Waals surface area contributed by atoms with Crippen LogP contribution in [0, 0.1) is 0 Å². The van der Waals surface area contributed by atoms with Gasteiger partial charge in [-0.3, -0.25) is 9.59 Å². The van der Waals surface area contributed by atoms with Gasteiger partial charge in [0, 0.05) is 24.0 Å². The van der Waals surface area contributed by atoms with E-state index < -0.39 is 5.97 Å². The zero-order chi connectivity index (χ0) is 13.1. The molecule has 0 radical (unpaired) electrons. The minimum absolute atomic E-state index is 0.0489. The molecule has 0 aromatic heterocycles. The van der Waals surface area contributed by atoms with Crippen molar-refractivity contribution in [1.29, 1.82) is 0 Å². The maximum absolute atomic E-state index is 11.6. The highest BCUT2D eigenvalue weighted by atomic mass is 79.9. The summed E-state index contributed by atoms with van der Waals surface area (Å²) < 4.78 is 0.877. The summed E-state index contributed by atoms with van der Waals surface area (Å²) in [4.78, 5) is 24.1. The molecule has 1 amide bonds. The largest absolute Gasteiger partial charge is 0.481 e. The van der Waals surface area contributed by atoms with Crippen molar-refractivity contribution in [3.8, 4) is 0 Å². The molecule has 1 heterocycles. The first-order valence-electron chi connectivity index (χ1n) is 5.62. The van der Waals surface area contributed by atoms with Crippen LogP contribution in [0.2, 0.25) is 0 Å². The number of nitrogens with one attached hydrogen (secondary N) is 1. The van der Waals surface area contributed by atoms with E-state index in [0.29, 0.717) is 19.5 Å². The summed E-state index contributed by atoms with van der Waals surface area (Å²) in [5, 5.41) is 11.6. The molecular weight excluding hydrogens is 300 g/mol. The van der Waals surface area contributed by atoms with E-state index in [1.165, 1.54) is 0 Å². The van der Waals surface area contributed by atoms with Gasteiger partial charge in [0.1, 0.15) is 0 Å². The number of carbonyl (C=O) groups excluding carboxylic acids is 1. The third-order valence-corrected chi connectivity index (χ3v) is 3.27. The van der Waals surface area contributed by atoms with Crippen molar-refractivity contribution in [2.45, 2.75) is 12.8 Å². The molecule has 1 aliphatic rings. The Bertz CT molecular complexity index is 490. The van der Waals surface area contributed by atoms with Gasteiger partial charge in [-0.05, 0) is 18.2 Å². The van der Waals surface area contributed by atoms with Crippen LogP contribution in [0.3, 0.4) is 0 Å². The van der Waals surface area contributed by atoms with Crippen molar-refractivity contribution in [3.05, 3.63) is 22.7 Å². The Hall–Kier alpha value is -1.56. The smallest absolute Gasteiger partial charge is 0.305 e. The van der Waals surface area contributed by atoms with Crippen molar-refractivity contribution >= 4 is 39.2 Å². The van der Waals surface area contributed by atoms with E-state index in [1.807, 2.05) is 23.1 Å². The molecule has 0 aliphatic carbocycles. The van der Waals surface area contributed by atoms with Gasteiger partial charge in [0.2, 0.25) is 5.91 Å². The molecular formula is C12H13BrN2O3. The number of carboxylic acids is 1. The van der Waals surface area contributed by atoms with Crippen LogP contribution in [0.1, 0.15) is 12.8 Å². The molecule has 0 spiro atoms. The van der Waals surface area contributed by atoms with Gasteiger partial charge in [-0.1, -0.05) is 15.9 Å². The zero-order valence-electron chi connectivity index (χ0n) is 9.65. The first-order valence-corrected chi connectivity index (χ1v) is 6.42. The molecule has 96 valence electrons. The molecule has 0 unspecified atom stereocenters. The second-order valence-electron chi connectivity index (χ2n) is 4.09. The van der Waals surface area contributed by atoms with E-state index in [1.54, 1.807) is 0 Å². The monoisotopic (exact) mass is 312 g/mol. The summed E-state index contributed by atoms with van der Waals surface area (Å²) in [6, 6.07) is 5.59. The van der Waals surface area contributed by atoms with E-state index in [9.17, 15) is 9.59 Å². The number of aliphatic carboxylic acids is 1. The van der Waals surface area contributed by atoms with E-state index in [0.717, 1.165) is 15.8 Å². The lowest BCUT2D eigenvalue weighted by atomic mass is 10.2. The minimum Gasteiger partial charge on any atom is -0.481 e. The van der Waals surface area contributed by atoms with E-state index in [-0.39, 0.29) is 12.3 Å². The standard InChI is InChI=1S/C12H13BrN2O3/c13-8-1-2-10-9(7-8)14-11(16)3-5-15(10)6-4-12(17)18/h1-2,7H,3-6H2,(H,14,16)(H,17,18). The van der Waals surface area contributed by atoms with Gasteiger partial charge >= 0.3 is 5.97 Å². The molecule has 2 N–H and O–H groups in total. The van der Waals surface area contributed by atoms with Gasteiger partial charge in [-0.25, -0.2) is 0 Å². The Morgan fingerprint density at radius 2 is 2.28 bits per heavy atom. The van der Waals surface area contributed by atoms with Crippen LogP contribution in [0.25, 0.3) is 0 Å². The molecule has 2 rings (SSSR count). The fourth-order valence-corrected chi connectivity index (χ4v) is 2.28. The van der Waals surface area contributed by atoms with Crippen molar-refractivity contribution in [2.24, 2.45) is 0 Å². The quantitative estimate of drug-likeness (QED) is 0.896. The van der Waals surface area contributed by atoms with Crippen molar-refractivity contribution in [3.63, 3.8) is 0 Å². The second-order valence-corrected chi connectivity index (χ2v) is 5.01. The summed E-state index contributed by atoms with van der Waals surface area (Å²) in [5.74, 6) is -0.885. The summed E-state index contributed by atoms with van der Waals surface area (Å²) in [6.07, 6.45) is 0.426. The number of hydrogen-bond acceptors (Lipinski definition) is 3. The molecule has 5 nitrogen and oxygen atoms in total. The molecule has 0 saturated heterocycles. The zero-order valence-corrected chi connectivity index (χ0v) is 11.2. The van der Waals surface area contributed by atoms with Gasteiger partial charge < -0.3 is 15.3 Å². The lowest BCUT2D eigenvalue weighted by Gasteiger charge is -2.23. The van der Waals surface area contributed by atoms with Crippen LogP contribution in [-0.4, -0.2) is 30.1 Å². The summed E-state index contributed by atoms with van der Waals surface area (Å²) in [6.45, 7) is 0.937. The lowest BCUT2D eigenvalue weighted by molar-refractivity contribution is -0.136. The first-order chi connectivity index (χ1) is 8.56. The summed E-state index contributed by atoms with van der Waals surface area (Å²) in [7, 11) is 0. The topological polar surface area (TPSA) is 69.6 Å². The average Bonchev–Trinajstić information content (AvgIpc) is 2.44. The summed E-state index contributed by atoms with van der Waals surface area (Å²) >= 11 is 3.35. The molecule has 0 atom stereocenters. The van der Waals surface area contributed by atoms with Crippen LogP contribution >= 0.6 is 15.9 Å². The average molecular weight is 313 g/mol. The SMILES string of the molecule is O=C(O)CCN1CCC(=O)Nc2cc(Br)ccc21. The van der Waals surface area contributed by atoms with Crippen LogP contribution in [-0.2, 0) is 9.59 Å². The normalized spacial score (nSPS) is 14.7. The highest BCUT2D eigenvalue weighted by Gasteiger charge is 2.19. The number of carbonyl (C=O) groups is 2. The number of benzene rings is 1. The number of halogens is 1. The van der Waals surface area contributed by atoms with Gasteiger partial charge in [-0.2, -0.15) is 0 Å². The number of carboxylic acid groups (broad SMARTS) is 1. The highest BCUT2D eigenvalue weighted by molar-refractivity contribution is 9.10. The Morgan fingerprint density at radius 1 is 1.50 bits per heavy atom. The number of rotatable bonds is 3. The van der Waals surface area contributed by atoms with E-state index in [2.05, 4.69) is 21.2 Å². The minimum atomic E-state index is -0.836. The number of amides is 1. The van der Waals surface area contributed by atoms with Gasteiger partial charge in [0.05, 0.1) is 17.8 Å². The predicted octanol–water partition coefficient (Wildman–Crippen LogP) is 2.07. The van der Waals surface area contributed by atoms with Gasteiger partial charge in [-0.15, -0.1) is 0 Å². The third kappa shape index (κ3) is 3.01. The van der Waals surface area contributed by atoms with E-state index >= 15 is 0 Å². The second kappa shape index (κ2) is 5.39. The molecule has 0 saturated carbocycles. The van der Waals surface area contributed by atoms with Gasteiger partial charge in [0.25, 0.3) is 0 Å². The Morgan fingerprint density at radius 3 is 3.00 bits per heavy atom. The highest BCUT2D eigenvalue weighted by Crippen LogP contribution is 2.31. The third-order valence-electron chi connectivity index (χ3n) is 2.78. The Kier molecular flexibility index (Phi) is 3.86. The van der Waals surface area contributed by atoms with Crippen molar-refractivity contribution in [1.82, 2.24) is 0 Å². The number of fused-ring (bicyclic) bond motifs is 1. The maximum atomic E-state index is 11.6. The Labute approximate surface area is 113 Å². The van der Waals surface area contributed by atoms with Crippen LogP contribution in [0.5, 0.6) is 0 Å². The lowest BCUT2D eigenvalue weighted by Crippen LogP contribution is -2.27. The number of hydrogen-bond donors (Lipinski definition) is 2.